The average molecular weight is 1230 g/mol. The first-order valence-electron chi connectivity index (χ1n) is 34.9. The highest BCUT2D eigenvalue weighted by molar-refractivity contribution is 6.08. The standard InChI is InChI=1S/C80H94N8O4/c1-5-9-13-17-21-37-49-89-65-53-61-63(55-67(65)91-51-39-23-19-15-11-7-3)75-82-73(61)81-74-62-54-66(90-50-38-22-18-14-10-6-2)68(92-52-40-24-20-16-12-8-4)56-64(62)76(83-74)85-78-70(58-43-31-26-32-44-58)72(60-47-35-28-36-48-60)80(87-78)88-79-71(59-45-33-27-34-46-59)69(77(84-75)86-79)57-41-29-25-30-42-57/h25-36,41-48,53-56H,5-24,37-40,49-52H2,1-4H3,(H2,81,82,83,84,85,86,87,88). The number of hydrogen-bond acceptors (Lipinski definition) is 10. The first kappa shape index (κ1) is 64.9. The number of unbranched alkanes of at least 4 members (excludes halogenated alkanes) is 20. The van der Waals surface area contributed by atoms with Gasteiger partial charge in [0.2, 0.25) is 0 Å². The van der Waals surface area contributed by atoms with Crippen LogP contribution >= 0.6 is 0 Å². The lowest BCUT2D eigenvalue weighted by molar-refractivity contribution is 0.258. The Kier molecular flexibility index (Phi) is 23.7. The van der Waals surface area contributed by atoms with Crippen LogP contribution in [0.3, 0.4) is 0 Å². The third kappa shape index (κ3) is 16.3. The normalized spacial score (nSPS) is 12.0. The predicted octanol–water partition coefficient (Wildman–Crippen LogP) is 21.7. The molecule has 478 valence electrons. The van der Waals surface area contributed by atoms with Crippen molar-refractivity contribution in [3.8, 4) is 68.0 Å². The number of hydrogen-bond donors (Lipinski definition) is 2. The van der Waals surface area contributed by atoms with Crippen molar-refractivity contribution in [2.24, 2.45) is 0 Å². The summed E-state index contributed by atoms with van der Waals surface area (Å²) in [5.74, 6) is 4.62. The molecule has 2 aliphatic rings. The van der Waals surface area contributed by atoms with E-state index < -0.39 is 0 Å². The summed E-state index contributed by atoms with van der Waals surface area (Å²) < 4.78 is 27.3. The summed E-state index contributed by atoms with van der Waals surface area (Å²) in [5, 5.41) is 1.61. The van der Waals surface area contributed by atoms with E-state index in [0.29, 0.717) is 95.3 Å². The number of fused-ring (bicyclic) bond motifs is 14. The molecule has 6 aromatic carbocycles. The van der Waals surface area contributed by atoms with Crippen molar-refractivity contribution in [2.75, 3.05) is 26.4 Å². The van der Waals surface area contributed by atoms with Crippen molar-refractivity contribution in [1.29, 1.82) is 0 Å². The van der Waals surface area contributed by atoms with E-state index >= 15 is 0 Å². The highest BCUT2D eigenvalue weighted by Crippen LogP contribution is 2.46. The molecule has 0 unspecified atom stereocenters. The van der Waals surface area contributed by atoms with E-state index in [-0.39, 0.29) is 0 Å². The molecule has 0 amide bonds. The zero-order chi connectivity index (χ0) is 63.1. The number of aromatic nitrogens is 8. The van der Waals surface area contributed by atoms with Gasteiger partial charge in [0.25, 0.3) is 0 Å². The fourth-order valence-electron chi connectivity index (χ4n) is 12.6. The molecule has 3 aromatic heterocycles. The maximum absolute atomic E-state index is 6.84. The zero-order valence-electron chi connectivity index (χ0n) is 55.0. The molecule has 2 aliphatic heterocycles. The van der Waals surface area contributed by atoms with E-state index in [2.05, 4.69) is 159 Å². The van der Waals surface area contributed by atoms with Gasteiger partial charge in [0.15, 0.2) is 46.3 Å². The summed E-state index contributed by atoms with van der Waals surface area (Å²) >= 11 is 0. The monoisotopic (exact) mass is 1230 g/mol. The lowest BCUT2D eigenvalue weighted by Gasteiger charge is -2.15. The minimum absolute atomic E-state index is 0.469. The third-order valence-corrected chi connectivity index (χ3v) is 17.6. The number of rotatable bonds is 36. The molecule has 0 saturated heterocycles. The summed E-state index contributed by atoms with van der Waals surface area (Å²) in [6, 6.07) is 50.1. The van der Waals surface area contributed by atoms with Gasteiger partial charge in [-0.1, -0.05) is 277 Å². The number of aromatic amines is 2. The second kappa shape index (κ2) is 33.6. The minimum Gasteiger partial charge on any atom is -0.490 e. The topological polar surface area (TPSA) is 146 Å². The van der Waals surface area contributed by atoms with Crippen molar-refractivity contribution >= 4 is 44.5 Å². The van der Waals surface area contributed by atoms with Crippen LogP contribution in [0.4, 0.5) is 0 Å². The maximum atomic E-state index is 6.84. The van der Waals surface area contributed by atoms with Crippen LogP contribution < -0.4 is 18.9 Å². The summed E-state index contributed by atoms with van der Waals surface area (Å²) in [7, 11) is 0. The van der Waals surface area contributed by atoms with Crippen LogP contribution in [0.1, 0.15) is 205 Å². The van der Waals surface area contributed by atoms with Crippen LogP contribution in [0.15, 0.2) is 146 Å². The molecule has 0 spiro atoms. The highest BCUT2D eigenvalue weighted by atomic mass is 16.5. The van der Waals surface area contributed by atoms with Gasteiger partial charge in [-0.25, -0.2) is 29.9 Å². The molecule has 0 aliphatic carbocycles. The van der Waals surface area contributed by atoms with Gasteiger partial charge in [0, 0.05) is 44.2 Å². The van der Waals surface area contributed by atoms with Crippen LogP contribution in [-0.4, -0.2) is 66.3 Å². The summed E-state index contributed by atoms with van der Waals surface area (Å²) in [6.45, 7) is 11.3. The van der Waals surface area contributed by atoms with E-state index in [1.54, 1.807) is 0 Å². The molecule has 0 fully saturated rings. The molecular weight excluding hydrogens is 1140 g/mol. The fraction of sp³-hybridized carbons (Fsp3) is 0.400. The maximum Gasteiger partial charge on any atom is 0.165 e. The molecular formula is C80H94N8O4. The van der Waals surface area contributed by atoms with Gasteiger partial charge in [0.05, 0.1) is 26.4 Å². The predicted molar refractivity (Wildman–Crippen MR) is 378 cm³/mol. The molecule has 8 bridgehead atoms. The Morgan fingerprint density at radius 2 is 0.543 bits per heavy atom. The fourth-order valence-corrected chi connectivity index (χ4v) is 12.6. The smallest absolute Gasteiger partial charge is 0.165 e. The summed E-state index contributed by atoms with van der Waals surface area (Å²) in [4.78, 5) is 41.3. The van der Waals surface area contributed by atoms with Crippen LogP contribution in [-0.2, 0) is 0 Å². The zero-order valence-corrected chi connectivity index (χ0v) is 55.0. The first-order valence-corrected chi connectivity index (χ1v) is 34.9. The highest BCUT2D eigenvalue weighted by Gasteiger charge is 2.29. The summed E-state index contributed by atoms with van der Waals surface area (Å²) in [6.07, 6.45) is 27.7. The van der Waals surface area contributed by atoms with Crippen LogP contribution in [0.5, 0.6) is 23.0 Å². The molecule has 5 heterocycles. The lowest BCUT2D eigenvalue weighted by atomic mass is 9.95. The number of benzene rings is 6. The minimum atomic E-state index is 0.469. The van der Waals surface area contributed by atoms with Gasteiger partial charge < -0.3 is 28.9 Å². The van der Waals surface area contributed by atoms with Gasteiger partial charge in [-0.15, -0.1) is 0 Å². The van der Waals surface area contributed by atoms with Gasteiger partial charge in [-0.3, -0.25) is 0 Å². The molecule has 0 radical (unpaired) electrons. The summed E-state index contributed by atoms with van der Waals surface area (Å²) in [5.41, 5.74) is 11.1. The van der Waals surface area contributed by atoms with Crippen molar-refractivity contribution in [3.63, 3.8) is 0 Å². The Balaban J connectivity index is 1.19. The van der Waals surface area contributed by atoms with E-state index in [9.17, 15) is 0 Å². The quantitative estimate of drug-likeness (QED) is 0.0364. The van der Waals surface area contributed by atoms with Gasteiger partial charge in [-0.05, 0) is 72.2 Å². The lowest BCUT2D eigenvalue weighted by Crippen LogP contribution is -2.03. The number of H-pyrrole nitrogens is 2. The largest absolute Gasteiger partial charge is 0.490 e. The molecule has 92 heavy (non-hydrogen) atoms. The second-order valence-electron chi connectivity index (χ2n) is 24.7. The van der Waals surface area contributed by atoms with Crippen molar-refractivity contribution in [2.45, 2.75) is 182 Å². The molecule has 12 nitrogen and oxygen atoms in total. The van der Waals surface area contributed by atoms with Crippen LogP contribution in [0.2, 0.25) is 0 Å². The molecule has 2 N–H and O–H groups in total. The Hall–Kier alpha value is -8.64. The number of nitrogens with one attached hydrogen (secondary N) is 2. The van der Waals surface area contributed by atoms with E-state index in [1.807, 2.05) is 24.3 Å². The Bertz CT molecular complexity index is 4010. The van der Waals surface area contributed by atoms with Gasteiger partial charge >= 0.3 is 0 Å². The van der Waals surface area contributed by atoms with Gasteiger partial charge in [0.1, 0.15) is 22.6 Å². The van der Waals surface area contributed by atoms with E-state index in [0.717, 1.165) is 118 Å². The molecule has 9 aromatic rings. The SMILES string of the molecule is CCCCCCCCOc1cc2c(cc1OCCCCCCCC)-c1nc-2nc2[nH]c(nc3nc(nc4[nH]c(n1)c1cc(OCCCCCCCC)c(OCCCCCCCC)cc41)C(c1ccccc1)=C3c1ccccc1)c(-c1ccccc1)c2-c1ccccc1. The number of ether oxygens (including phenoxy) is 4. The van der Waals surface area contributed by atoms with Crippen molar-refractivity contribution in [3.05, 3.63) is 168 Å². The van der Waals surface area contributed by atoms with Crippen LogP contribution in [0.25, 0.3) is 89.5 Å². The average Bonchev–Trinajstić information content (AvgIpc) is 1.63. The Morgan fingerprint density at radius 3 is 0.902 bits per heavy atom. The van der Waals surface area contributed by atoms with Crippen molar-refractivity contribution in [1.82, 2.24) is 39.9 Å². The second-order valence-corrected chi connectivity index (χ2v) is 24.7. The van der Waals surface area contributed by atoms with Crippen LogP contribution in [0, 0.1) is 0 Å². The Labute approximate surface area is 545 Å². The third-order valence-electron chi connectivity index (χ3n) is 17.6. The molecule has 0 atom stereocenters. The van der Waals surface area contributed by atoms with Crippen molar-refractivity contribution < 1.29 is 18.9 Å². The van der Waals surface area contributed by atoms with E-state index in [1.165, 1.54) is 103 Å². The van der Waals surface area contributed by atoms with E-state index in [4.69, 9.17) is 48.9 Å². The Morgan fingerprint density at radius 1 is 0.272 bits per heavy atom. The van der Waals surface area contributed by atoms with Gasteiger partial charge in [-0.2, -0.15) is 0 Å². The molecule has 0 saturated carbocycles. The first-order chi connectivity index (χ1) is 45.5. The number of nitrogens with zero attached hydrogens (tertiary/aromatic N) is 6. The molecule has 12 heteroatoms. The molecule has 11 rings (SSSR count).